The summed E-state index contributed by atoms with van der Waals surface area (Å²) in [6.45, 7) is 0.646. The molecule has 3 aliphatic heterocycles. The van der Waals surface area contributed by atoms with Gasteiger partial charge in [-0.25, -0.2) is 0 Å². The summed E-state index contributed by atoms with van der Waals surface area (Å²) in [5.41, 5.74) is 3.14. The SMILES string of the molecule is COc1cc2c(c(OC)c1)C1C3CCCC(C(=O)N1CC2)N3C(=O)CCc1ccc(OC)c(OC)c1. The summed E-state index contributed by atoms with van der Waals surface area (Å²) in [5, 5.41) is 0. The largest absolute Gasteiger partial charge is 0.497 e. The highest BCUT2D eigenvalue weighted by Crippen LogP contribution is 2.48. The maximum Gasteiger partial charge on any atom is 0.245 e. The van der Waals surface area contributed by atoms with Gasteiger partial charge in [-0.2, -0.15) is 0 Å². The zero-order valence-electron chi connectivity index (χ0n) is 21.4. The lowest BCUT2D eigenvalue weighted by Gasteiger charge is -2.55. The average molecular weight is 495 g/mol. The highest BCUT2D eigenvalue weighted by atomic mass is 16.5. The van der Waals surface area contributed by atoms with Crippen LogP contribution in [0, 0.1) is 0 Å². The van der Waals surface area contributed by atoms with Crippen molar-refractivity contribution in [1.29, 1.82) is 0 Å². The zero-order valence-corrected chi connectivity index (χ0v) is 21.4. The number of hydrogen-bond acceptors (Lipinski definition) is 6. The molecule has 36 heavy (non-hydrogen) atoms. The Morgan fingerprint density at radius 3 is 2.44 bits per heavy atom. The molecule has 0 spiro atoms. The van der Waals surface area contributed by atoms with Crippen LogP contribution in [-0.4, -0.2) is 68.7 Å². The molecule has 8 heteroatoms. The Hall–Kier alpha value is -3.42. The van der Waals surface area contributed by atoms with Crippen LogP contribution in [0.2, 0.25) is 0 Å². The van der Waals surface area contributed by atoms with E-state index in [2.05, 4.69) is 0 Å². The van der Waals surface area contributed by atoms with Gasteiger partial charge in [-0.05, 0) is 61.4 Å². The third kappa shape index (κ3) is 4.02. The number of amides is 2. The van der Waals surface area contributed by atoms with Gasteiger partial charge in [0.25, 0.3) is 0 Å². The third-order valence-corrected chi connectivity index (χ3v) is 7.88. The van der Waals surface area contributed by atoms with Crippen molar-refractivity contribution < 1.29 is 28.5 Å². The minimum Gasteiger partial charge on any atom is -0.497 e. The first-order chi connectivity index (χ1) is 17.5. The van der Waals surface area contributed by atoms with Crippen molar-refractivity contribution >= 4 is 11.8 Å². The Morgan fingerprint density at radius 1 is 0.944 bits per heavy atom. The number of rotatable bonds is 7. The molecular weight excluding hydrogens is 460 g/mol. The first-order valence-electron chi connectivity index (χ1n) is 12.6. The van der Waals surface area contributed by atoms with Gasteiger partial charge in [0.1, 0.15) is 17.5 Å². The molecule has 5 rings (SSSR count). The topological polar surface area (TPSA) is 77.5 Å². The monoisotopic (exact) mass is 494 g/mol. The second kappa shape index (κ2) is 9.91. The smallest absolute Gasteiger partial charge is 0.245 e. The predicted molar refractivity (Wildman–Crippen MR) is 134 cm³/mol. The van der Waals surface area contributed by atoms with Gasteiger partial charge in [0, 0.05) is 24.6 Å². The lowest BCUT2D eigenvalue weighted by atomic mass is 9.78. The van der Waals surface area contributed by atoms with E-state index in [9.17, 15) is 9.59 Å². The summed E-state index contributed by atoms with van der Waals surface area (Å²) in [6, 6.07) is 8.98. The Labute approximate surface area is 212 Å². The van der Waals surface area contributed by atoms with Crippen molar-refractivity contribution in [3.63, 3.8) is 0 Å². The maximum atomic E-state index is 13.7. The van der Waals surface area contributed by atoms with Crippen LogP contribution in [-0.2, 0) is 22.4 Å². The van der Waals surface area contributed by atoms with E-state index in [1.165, 1.54) is 0 Å². The van der Waals surface area contributed by atoms with Crippen LogP contribution in [0.4, 0.5) is 0 Å². The lowest BCUT2D eigenvalue weighted by molar-refractivity contribution is -0.166. The molecule has 2 saturated heterocycles. The number of methoxy groups -OCH3 is 4. The van der Waals surface area contributed by atoms with Crippen molar-refractivity contribution in [1.82, 2.24) is 9.80 Å². The number of fused-ring (bicyclic) bond motifs is 6. The van der Waals surface area contributed by atoms with E-state index in [1.54, 1.807) is 28.4 Å². The third-order valence-electron chi connectivity index (χ3n) is 7.88. The normalized spacial score (nSPS) is 22.4. The van der Waals surface area contributed by atoms with Gasteiger partial charge >= 0.3 is 0 Å². The standard InChI is InChI=1S/C28H34N2O6/c1-33-19-15-18-12-13-29-27(26(18)24(16-19)36-4)20-6-5-7-21(28(29)32)30(20)25(31)11-9-17-8-10-22(34-2)23(14-17)35-3/h8,10,14-16,20-21,27H,5-7,9,11-13H2,1-4H3. The quantitative estimate of drug-likeness (QED) is 0.586. The molecule has 3 heterocycles. The Bertz CT molecular complexity index is 1150. The fourth-order valence-corrected chi connectivity index (χ4v) is 6.22. The summed E-state index contributed by atoms with van der Waals surface area (Å²) in [7, 11) is 6.50. The van der Waals surface area contributed by atoms with Crippen LogP contribution < -0.4 is 18.9 Å². The summed E-state index contributed by atoms with van der Waals surface area (Å²) < 4.78 is 22.0. The summed E-state index contributed by atoms with van der Waals surface area (Å²) >= 11 is 0. The lowest BCUT2D eigenvalue weighted by Crippen LogP contribution is -2.67. The molecule has 3 atom stereocenters. The van der Waals surface area contributed by atoms with Gasteiger partial charge in [-0.1, -0.05) is 6.07 Å². The van der Waals surface area contributed by atoms with Crippen LogP contribution in [0.3, 0.4) is 0 Å². The van der Waals surface area contributed by atoms with Crippen LogP contribution in [0.1, 0.15) is 48.4 Å². The van der Waals surface area contributed by atoms with Crippen molar-refractivity contribution in [2.24, 2.45) is 0 Å². The zero-order chi connectivity index (χ0) is 25.4. The fourth-order valence-electron chi connectivity index (χ4n) is 6.22. The molecule has 3 aliphatic rings. The molecule has 2 aromatic carbocycles. The minimum atomic E-state index is -0.385. The van der Waals surface area contributed by atoms with Crippen LogP contribution in [0.25, 0.3) is 0 Å². The van der Waals surface area contributed by atoms with E-state index in [1.807, 2.05) is 40.1 Å². The molecular formula is C28H34N2O6. The molecule has 8 nitrogen and oxygen atoms in total. The highest BCUT2D eigenvalue weighted by Gasteiger charge is 2.53. The first kappa shape index (κ1) is 24.3. The summed E-state index contributed by atoms with van der Waals surface area (Å²) in [4.78, 5) is 31.3. The molecule has 2 fully saturated rings. The maximum absolute atomic E-state index is 13.7. The van der Waals surface area contributed by atoms with Gasteiger partial charge in [-0.15, -0.1) is 0 Å². The van der Waals surface area contributed by atoms with Crippen molar-refractivity contribution in [2.45, 2.75) is 56.7 Å². The van der Waals surface area contributed by atoms with Crippen LogP contribution >= 0.6 is 0 Å². The molecule has 2 aromatic rings. The van der Waals surface area contributed by atoms with Crippen LogP contribution in [0.15, 0.2) is 30.3 Å². The molecule has 0 aliphatic carbocycles. The van der Waals surface area contributed by atoms with E-state index in [0.717, 1.165) is 41.7 Å². The van der Waals surface area contributed by atoms with Gasteiger partial charge < -0.3 is 28.7 Å². The van der Waals surface area contributed by atoms with Gasteiger partial charge in [0.15, 0.2) is 11.5 Å². The highest BCUT2D eigenvalue weighted by molar-refractivity contribution is 5.90. The number of piperidine rings is 1. The van der Waals surface area contributed by atoms with Gasteiger partial charge in [0.05, 0.1) is 40.5 Å². The Balaban J connectivity index is 1.44. The van der Waals surface area contributed by atoms with Crippen molar-refractivity contribution in [3.8, 4) is 23.0 Å². The number of piperazine rings is 1. The van der Waals surface area contributed by atoms with Gasteiger partial charge in [0.2, 0.25) is 11.8 Å². The molecule has 2 amide bonds. The second-order valence-electron chi connectivity index (χ2n) is 9.63. The fraction of sp³-hybridized carbons (Fsp3) is 0.500. The van der Waals surface area contributed by atoms with Crippen molar-refractivity contribution in [2.75, 3.05) is 35.0 Å². The number of hydrogen-bond donors (Lipinski definition) is 0. The number of benzene rings is 2. The summed E-state index contributed by atoms with van der Waals surface area (Å²) in [6.07, 6.45) is 4.15. The number of carbonyl (C=O) groups excluding carboxylic acids is 2. The molecule has 3 unspecified atom stereocenters. The molecule has 0 saturated carbocycles. The first-order valence-corrected chi connectivity index (χ1v) is 12.6. The van der Waals surface area contributed by atoms with E-state index in [0.29, 0.717) is 43.1 Å². The number of nitrogens with zero attached hydrogens (tertiary/aromatic N) is 2. The number of carbonyl (C=O) groups is 2. The van der Waals surface area contributed by atoms with E-state index in [4.69, 9.17) is 18.9 Å². The van der Waals surface area contributed by atoms with Gasteiger partial charge in [-0.3, -0.25) is 9.59 Å². The predicted octanol–water partition coefficient (Wildman–Crippen LogP) is 3.54. The summed E-state index contributed by atoms with van der Waals surface area (Å²) in [5.74, 6) is 2.83. The minimum absolute atomic E-state index is 0.0205. The molecule has 2 bridgehead atoms. The van der Waals surface area contributed by atoms with Crippen LogP contribution in [0.5, 0.6) is 23.0 Å². The van der Waals surface area contributed by atoms with E-state index >= 15 is 0 Å². The van der Waals surface area contributed by atoms with Crippen molar-refractivity contribution in [3.05, 3.63) is 47.0 Å². The molecule has 0 aromatic heterocycles. The number of ether oxygens (including phenoxy) is 4. The van der Waals surface area contributed by atoms with E-state index < -0.39 is 0 Å². The molecule has 0 N–H and O–H groups in total. The number of aryl methyl sites for hydroxylation is 1. The second-order valence-corrected chi connectivity index (χ2v) is 9.63. The van der Waals surface area contributed by atoms with E-state index in [-0.39, 0.29) is 29.9 Å². The Morgan fingerprint density at radius 2 is 1.72 bits per heavy atom. The molecule has 0 radical (unpaired) electrons. The molecule has 192 valence electrons. The average Bonchev–Trinajstić information content (AvgIpc) is 2.92. The Kier molecular flexibility index (Phi) is 6.69.